The van der Waals surface area contributed by atoms with Gasteiger partial charge in [-0.2, -0.15) is 5.26 Å². The standard InChI is InChI=1S/C17H16N2O3/c1-11(20)12-6-7-13(9-18)15(8-12)19-10-14-4-3-5-16(22-2)17(14)21/h3-8,19,21H,10H2,1-2H3. The van der Waals surface area contributed by atoms with Crippen LogP contribution in [0.3, 0.4) is 0 Å². The number of hydrogen-bond acceptors (Lipinski definition) is 5. The van der Waals surface area contributed by atoms with Gasteiger partial charge in [-0.25, -0.2) is 0 Å². The lowest BCUT2D eigenvalue weighted by Gasteiger charge is -2.12. The van der Waals surface area contributed by atoms with Crippen LogP contribution in [0.5, 0.6) is 11.5 Å². The van der Waals surface area contributed by atoms with Crippen LogP contribution in [0.15, 0.2) is 36.4 Å². The van der Waals surface area contributed by atoms with E-state index in [0.717, 1.165) is 0 Å². The van der Waals surface area contributed by atoms with Crippen molar-refractivity contribution in [1.29, 1.82) is 5.26 Å². The molecule has 0 fully saturated rings. The second kappa shape index (κ2) is 6.64. The number of ether oxygens (including phenoxy) is 1. The third kappa shape index (κ3) is 3.18. The van der Waals surface area contributed by atoms with Gasteiger partial charge in [0.15, 0.2) is 17.3 Å². The zero-order valence-electron chi connectivity index (χ0n) is 12.4. The number of Topliss-reactive ketones (excluding diaryl/α,β-unsaturated/α-hetero) is 1. The van der Waals surface area contributed by atoms with Gasteiger partial charge in [-0.05, 0) is 31.2 Å². The van der Waals surface area contributed by atoms with E-state index in [1.54, 1.807) is 36.4 Å². The van der Waals surface area contributed by atoms with Crippen molar-refractivity contribution in [3.63, 3.8) is 0 Å². The van der Waals surface area contributed by atoms with E-state index in [1.807, 2.05) is 0 Å². The molecule has 0 saturated heterocycles. The predicted molar refractivity (Wildman–Crippen MR) is 83.1 cm³/mol. The molecule has 0 heterocycles. The van der Waals surface area contributed by atoms with Crippen molar-refractivity contribution in [3.8, 4) is 17.6 Å². The second-order valence-corrected chi connectivity index (χ2v) is 4.75. The number of hydrogen-bond donors (Lipinski definition) is 2. The number of aromatic hydroxyl groups is 1. The Labute approximate surface area is 128 Å². The summed E-state index contributed by atoms with van der Waals surface area (Å²) in [6, 6.07) is 12.1. The first kappa shape index (κ1) is 15.4. The summed E-state index contributed by atoms with van der Waals surface area (Å²) in [6.45, 7) is 1.78. The normalized spacial score (nSPS) is 9.86. The number of benzene rings is 2. The number of nitrogens with one attached hydrogen (secondary N) is 1. The summed E-state index contributed by atoms with van der Waals surface area (Å²) in [5.41, 5.74) is 2.15. The molecular formula is C17H16N2O3. The molecule has 2 rings (SSSR count). The molecule has 2 aromatic carbocycles. The van der Waals surface area contributed by atoms with Crippen LogP contribution in [0.2, 0.25) is 0 Å². The molecule has 0 spiro atoms. The molecule has 0 aromatic heterocycles. The number of para-hydroxylation sites is 1. The number of phenolic OH excluding ortho intramolecular Hbond substituents is 1. The van der Waals surface area contributed by atoms with Crippen LogP contribution in [-0.4, -0.2) is 18.0 Å². The first-order valence-corrected chi connectivity index (χ1v) is 6.70. The van der Waals surface area contributed by atoms with E-state index in [0.29, 0.717) is 34.7 Å². The first-order valence-electron chi connectivity index (χ1n) is 6.70. The minimum atomic E-state index is -0.0724. The monoisotopic (exact) mass is 296 g/mol. The largest absolute Gasteiger partial charge is 0.504 e. The Hall–Kier alpha value is -3.00. The van der Waals surface area contributed by atoms with Crippen molar-refractivity contribution in [3.05, 3.63) is 53.1 Å². The molecule has 0 amide bonds. The van der Waals surface area contributed by atoms with E-state index in [2.05, 4.69) is 11.4 Å². The van der Waals surface area contributed by atoms with Gasteiger partial charge in [0.25, 0.3) is 0 Å². The summed E-state index contributed by atoms with van der Waals surface area (Å²) in [5.74, 6) is 0.368. The topological polar surface area (TPSA) is 82.3 Å². The molecule has 2 aromatic rings. The zero-order chi connectivity index (χ0) is 16.1. The quantitative estimate of drug-likeness (QED) is 0.828. The molecule has 0 saturated carbocycles. The van der Waals surface area contributed by atoms with Crippen LogP contribution >= 0.6 is 0 Å². The Kier molecular flexibility index (Phi) is 4.64. The first-order chi connectivity index (χ1) is 10.6. The molecule has 5 nitrogen and oxygen atoms in total. The molecule has 0 bridgehead atoms. The molecule has 2 N–H and O–H groups in total. The van der Waals surface area contributed by atoms with Gasteiger partial charge < -0.3 is 15.2 Å². The maximum atomic E-state index is 11.4. The minimum Gasteiger partial charge on any atom is -0.504 e. The van der Waals surface area contributed by atoms with Crippen molar-refractivity contribution in [2.75, 3.05) is 12.4 Å². The van der Waals surface area contributed by atoms with Gasteiger partial charge in [-0.15, -0.1) is 0 Å². The van der Waals surface area contributed by atoms with E-state index >= 15 is 0 Å². The highest BCUT2D eigenvalue weighted by Crippen LogP contribution is 2.30. The smallest absolute Gasteiger partial charge is 0.162 e. The number of anilines is 1. The Bertz CT molecular complexity index is 748. The number of ketones is 1. The number of nitriles is 1. The van der Waals surface area contributed by atoms with E-state index in [4.69, 9.17) is 10.00 Å². The lowest BCUT2D eigenvalue weighted by molar-refractivity contribution is 0.101. The number of methoxy groups -OCH3 is 1. The SMILES string of the molecule is COc1cccc(CNc2cc(C(C)=O)ccc2C#N)c1O. The third-order valence-electron chi connectivity index (χ3n) is 3.32. The van der Waals surface area contributed by atoms with Crippen molar-refractivity contribution in [1.82, 2.24) is 0 Å². The maximum Gasteiger partial charge on any atom is 0.162 e. The predicted octanol–water partition coefficient (Wildman–Crippen LogP) is 3.09. The van der Waals surface area contributed by atoms with Crippen LogP contribution in [0.25, 0.3) is 0 Å². The molecule has 0 aliphatic heterocycles. The molecule has 0 radical (unpaired) electrons. The fourth-order valence-corrected chi connectivity index (χ4v) is 2.07. The molecule has 0 aliphatic rings. The summed E-state index contributed by atoms with van der Waals surface area (Å²) in [4.78, 5) is 11.4. The van der Waals surface area contributed by atoms with Crippen LogP contribution in [0.1, 0.15) is 28.4 Å². The fourth-order valence-electron chi connectivity index (χ4n) is 2.07. The Morgan fingerprint density at radius 3 is 2.77 bits per heavy atom. The molecule has 112 valence electrons. The van der Waals surface area contributed by atoms with Crippen molar-refractivity contribution >= 4 is 11.5 Å². The van der Waals surface area contributed by atoms with Crippen LogP contribution < -0.4 is 10.1 Å². The molecule has 0 unspecified atom stereocenters. The Morgan fingerprint density at radius 1 is 1.36 bits per heavy atom. The van der Waals surface area contributed by atoms with E-state index in [1.165, 1.54) is 14.0 Å². The van der Waals surface area contributed by atoms with Crippen molar-refractivity contribution < 1.29 is 14.6 Å². The highest BCUT2D eigenvalue weighted by molar-refractivity contribution is 5.95. The highest BCUT2D eigenvalue weighted by Gasteiger charge is 2.10. The molecule has 22 heavy (non-hydrogen) atoms. The molecule has 0 aliphatic carbocycles. The summed E-state index contributed by atoms with van der Waals surface area (Å²) in [6.07, 6.45) is 0. The maximum absolute atomic E-state index is 11.4. The van der Waals surface area contributed by atoms with Gasteiger partial charge in [-0.3, -0.25) is 4.79 Å². The number of phenols is 1. The lowest BCUT2D eigenvalue weighted by atomic mass is 10.1. The van der Waals surface area contributed by atoms with Gasteiger partial charge in [0.1, 0.15) is 6.07 Å². The van der Waals surface area contributed by atoms with E-state index in [-0.39, 0.29) is 11.5 Å². The lowest BCUT2D eigenvalue weighted by Crippen LogP contribution is -2.04. The van der Waals surface area contributed by atoms with E-state index < -0.39 is 0 Å². The zero-order valence-corrected chi connectivity index (χ0v) is 12.4. The van der Waals surface area contributed by atoms with Crippen molar-refractivity contribution in [2.45, 2.75) is 13.5 Å². The van der Waals surface area contributed by atoms with Gasteiger partial charge in [0.2, 0.25) is 0 Å². The van der Waals surface area contributed by atoms with Gasteiger partial charge in [0, 0.05) is 17.7 Å². The summed E-state index contributed by atoms with van der Waals surface area (Å²) in [7, 11) is 1.48. The highest BCUT2D eigenvalue weighted by atomic mass is 16.5. The summed E-state index contributed by atoms with van der Waals surface area (Å²) in [5, 5.41) is 22.3. The Morgan fingerprint density at radius 2 is 2.14 bits per heavy atom. The third-order valence-corrected chi connectivity index (χ3v) is 3.32. The Balaban J connectivity index is 2.26. The average molecular weight is 296 g/mol. The van der Waals surface area contributed by atoms with E-state index in [9.17, 15) is 9.90 Å². The number of carbonyl (C=O) groups is 1. The molecule has 5 heteroatoms. The van der Waals surface area contributed by atoms with Gasteiger partial charge >= 0.3 is 0 Å². The number of carbonyl (C=O) groups excluding carboxylic acids is 1. The molecular weight excluding hydrogens is 280 g/mol. The number of nitrogens with zero attached hydrogens (tertiary/aromatic N) is 1. The number of rotatable bonds is 5. The van der Waals surface area contributed by atoms with Crippen LogP contribution in [0, 0.1) is 11.3 Å². The minimum absolute atomic E-state index is 0.0544. The second-order valence-electron chi connectivity index (χ2n) is 4.75. The molecule has 0 atom stereocenters. The fraction of sp³-hybridized carbons (Fsp3) is 0.176. The van der Waals surface area contributed by atoms with Crippen LogP contribution in [0.4, 0.5) is 5.69 Å². The summed E-state index contributed by atoms with van der Waals surface area (Å²) < 4.78 is 5.06. The van der Waals surface area contributed by atoms with Gasteiger partial charge in [-0.1, -0.05) is 12.1 Å². The van der Waals surface area contributed by atoms with Crippen LogP contribution in [-0.2, 0) is 6.54 Å². The van der Waals surface area contributed by atoms with Crippen molar-refractivity contribution in [2.24, 2.45) is 0 Å². The summed E-state index contributed by atoms with van der Waals surface area (Å²) >= 11 is 0. The van der Waals surface area contributed by atoms with Gasteiger partial charge in [0.05, 0.1) is 18.4 Å². The average Bonchev–Trinajstić information content (AvgIpc) is 2.53.